The van der Waals surface area contributed by atoms with Gasteiger partial charge in [-0.1, -0.05) is 41.0 Å². The van der Waals surface area contributed by atoms with Gasteiger partial charge in [0.2, 0.25) is 0 Å². The first-order valence-electron chi connectivity index (χ1n) is 4.15. The molecule has 1 heteroatoms. The standard InChI is InChI=1S/C9H21N/c1-6-7(2)8(10)9(3,4)5/h7-8H,6,10H2,1-5H3/t7-,8-/m1/s1. The zero-order valence-electron chi connectivity index (χ0n) is 7.94. The van der Waals surface area contributed by atoms with E-state index in [1.807, 2.05) is 0 Å². The van der Waals surface area contributed by atoms with E-state index in [0.717, 1.165) is 0 Å². The van der Waals surface area contributed by atoms with Crippen LogP contribution in [-0.2, 0) is 0 Å². The molecule has 2 atom stereocenters. The molecule has 0 fully saturated rings. The molecule has 0 amide bonds. The fourth-order valence-electron chi connectivity index (χ4n) is 1.11. The van der Waals surface area contributed by atoms with Gasteiger partial charge in [-0.2, -0.15) is 0 Å². The molecule has 0 aliphatic heterocycles. The molecule has 0 heterocycles. The second kappa shape index (κ2) is 3.38. The van der Waals surface area contributed by atoms with Crippen LogP contribution in [0.2, 0.25) is 0 Å². The zero-order chi connectivity index (χ0) is 8.36. The minimum atomic E-state index is 0.259. The van der Waals surface area contributed by atoms with Crippen LogP contribution in [0, 0.1) is 11.3 Å². The Morgan fingerprint density at radius 3 is 1.80 bits per heavy atom. The predicted octanol–water partition coefficient (Wildman–Crippen LogP) is 2.41. The maximum Gasteiger partial charge on any atom is 0.0113 e. The normalized spacial score (nSPS) is 18.6. The summed E-state index contributed by atoms with van der Waals surface area (Å²) in [4.78, 5) is 0. The summed E-state index contributed by atoms with van der Waals surface area (Å²) in [5.74, 6) is 0.639. The molecule has 0 unspecified atom stereocenters. The first-order valence-corrected chi connectivity index (χ1v) is 4.15. The highest BCUT2D eigenvalue weighted by atomic mass is 14.7. The highest BCUT2D eigenvalue weighted by Gasteiger charge is 2.24. The second-order valence-electron chi connectivity index (χ2n) is 4.28. The lowest BCUT2D eigenvalue weighted by Gasteiger charge is -2.31. The maximum atomic E-state index is 6.00. The van der Waals surface area contributed by atoms with Gasteiger partial charge in [0.1, 0.15) is 0 Å². The third kappa shape index (κ3) is 2.70. The van der Waals surface area contributed by atoms with Crippen LogP contribution in [-0.4, -0.2) is 6.04 Å². The van der Waals surface area contributed by atoms with E-state index in [0.29, 0.717) is 12.0 Å². The molecule has 0 rings (SSSR count). The van der Waals surface area contributed by atoms with Gasteiger partial charge in [0.25, 0.3) is 0 Å². The van der Waals surface area contributed by atoms with E-state index >= 15 is 0 Å². The van der Waals surface area contributed by atoms with Crippen LogP contribution in [0.4, 0.5) is 0 Å². The lowest BCUT2D eigenvalue weighted by molar-refractivity contribution is 0.244. The molecule has 0 radical (unpaired) electrons. The minimum absolute atomic E-state index is 0.259. The Morgan fingerprint density at radius 2 is 1.70 bits per heavy atom. The molecular weight excluding hydrogens is 122 g/mol. The van der Waals surface area contributed by atoms with Crippen molar-refractivity contribution < 1.29 is 0 Å². The van der Waals surface area contributed by atoms with E-state index in [-0.39, 0.29) is 5.41 Å². The van der Waals surface area contributed by atoms with Gasteiger partial charge in [-0.3, -0.25) is 0 Å². The molecule has 0 aliphatic carbocycles. The summed E-state index contributed by atoms with van der Waals surface area (Å²) in [5, 5.41) is 0. The fourth-order valence-corrected chi connectivity index (χ4v) is 1.11. The van der Waals surface area contributed by atoms with Gasteiger partial charge in [0.15, 0.2) is 0 Å². The SMILES string of the molecule is CC[C@@H](C)[C@@H](N)C(C)(C)C. The average molecular weight is 143 g/mol. The number of hydrogen-bond donors (Lipinski definition) is 1. The van der Waals surface area contributed by atoms with E-state index < -0.39 is 0 Å². The Balaban J connectivity index is 3.94. The van der Waals surface area contributed by atoms with Crippen molar-refractivity contribution in [3.8, 4) is 0 Å². The Bertz CT molecular complexity index is 91.4. The Hall–Kier alpha value is -0.0400. The largest absolute Gasteiger partial charge is 0.327 e. The van der Waals surface area contributed by atoms with Crippen LogP contribution in [0.3, 0.4) is 0 Å². The van der Waals surface area contributed by atoms with Crippen molar-refractivity contribution in [2.45, 2.75) is 47.1 Å². The van der Waals surface area contributed by atoms with E-state index in [1.165, 1.54) is 6.42 Å². The van der Waals surface area contributed by atoms with Crippen LogP contribution in [0.1, 0.15) is 41.0 Å². The summed E-state index contributed by atoms with van der Waals surface area (Å²) in [6, 6.07) is 0.331. The van der Waals surface area contributed by atoms with Gasteiger partial charge in [-0.15, -0.1) is 0 Å². The van der Waals surface area contributed by atoms with E-state index in [4.69, 9.17) is 5.73 Å². The Kier molecular flexibility index (Phi) is 3.37. The van der Waals surface area contributed by atoms with Crippen LogP contribution in [0.5, 0.6) is 0 Å². The topological polar surface area (TPSA) is 26.0 Å². The molecule has 0 saturated carbocycles. The minimum Gasteiger partial charge on any atom is -0.327 e. The van der Waals surface area contributed by atoms with Crippen LogP contribution in [0.15, 0.2) is 0 Å². The third-order valence-electron chi connectivity index (χ3n) is 2.26. The lowest BCUT2D eigenvalue weighted by Crippen LogP contribution is -2.40. The molecule has 62 valence electrons. The summed E-state index contributed by atoms with van der Waals surface area (Å²) in [6.45, 7) is 11.0. The van der Waals surface area contributed by atoms with Crippen molar-refractivity contribution in [1.82, 2.24) is 0 Å². The predicted molar refractivity (Wildman–Crippen MR) is 46.9 cm³/mol. The van der Waals surface area contributed by atoms with E-state index in [9.17, 15) is 0 Å². The second-order valence-corrected chi connectivity index (χ2v) is 4.28. The Morgan fingerprint density at radius 1 is 1.30 bits per heavy atom. The molecule has 1 nitrogen and oxygen atoms in total. The van der Waals surface area contributed by atoms with E-state index in [2.05, 4.69) is 34.6 Å². The quantitative estimate of drug-likeness (QED) is 0.631. The third-order valence-corrected chi connectivity index (χ3v) is 2.26. The Labute approximate surface area is 65.0 Å². The van der Waals surface area contributed by atoms with Crippen molar-refractivity contribution >= 4 is 0 Å². The van der Waals surface area contributed by atoms with Crippen molar-refractivity contribution in [2.24, 2.45) is 17.1 Å². The maximum absolute atomic E-state index is 6.00. The summed E-state index contributed by atoms with van der Waals surface area (Å²) in [5.41, 5.74) is 6.26. The van der Waals surface area contributed by atoms with Crippen LogP contribution >= 0.6 is 0 Å². The number of hydrogen-bond acceptors (Lipinski definition) is 1. The molecule has 0 saturated heterocycles. The monoisotopic (exact) mass is 143 g/mol. The van der Waals surface area contributed by atoms with Gasteiger partial charge < -0.3 is 5.73 Å². The van der Waals surface area contributed by atoms with Gasteiger partial charge >= 0.3 is 0 Å². The zero-order valence-corrected chi connectivity index (χ0v) is 7.94. The molecule has 0 aromatic carbocycles. The molecule has 0 aromatic rings. The van der Waals surface area contributed by atoms with Crippen LogP contribution < -0.4 is 5.73 Å². The summed E-state index contributed by atoms with van der Waals surface area (Å²) in [6.07, 6.45) is 1.18. The molecular formula is C9H21N. The average Bonchev–Trinajstić information content (AvgIpc) is 1.83. The van der Waals surface area contributed by atoms with Crippen molar-refractivity contribution in [3.05, 3.63) is 0 Å². The first kappa shape index (κ1) is 9.96. The number of nitrogens with two attached hydrogens (primary N) is 1. The molecule has 0 bridgehead atoms. The van der Waals surface area contributed by atoms with Crippen molar-refractivity contribution in [2.75, 3.05) is 0 Å². The van der Waals surface area contributed by atoms with Gasteiger partial charge in [0.05, 0.1) is 0 Å². The summed E-state index contributed by atoms with van der Waals surface area (Å²) >= 11 is 0. The first-order chi connectivity index (χ1) is 4.39. The highest BCUT2D eigenvalue weighted by Crippen LogP contribution is 2.24. The fraction of sp³-hybridized carbons (Fsp3) is 1.00. The van der Waals surface area contributed by atoms with Gasteiger partial charge in [-0.25, -0.2) is 0 Å². The smallest absolute Gasteiger partial charge is 0.0113 e. The van der Waals surface area contributed by atoms with Crippen molar-refractivity contribution in [3.63, 3.8) is 0 Å². The van der Waals surface area contributed by atoms with Crippen molar-refractivity contribution in [1.29, 1.82) is 0 Å². The van der Waals surface area contributed by atoms with Gasteiger partial charge in [-0.05, 0) is 11.3 Å². The lowest BCUT2D eigenvalue weighted by atomic mass is 9.79. The molecule has 0 aliphatic rings. The molecule has 10 heavy (non-hydrogen) atoms. The molecule has 0 aromatic heterocycles. The van der Waals surface area contributed by atoms with E-state index in [1.54, 1.807) is 0 Å². The van der Waals surface area contributed by atoms with Crippen LogP contribution in [0.25, 0.3) is 0 Å². The molecule has 0 spiro atoms. The summed E-state index contributed by atoms with van der Waals surface area (Å²) < 4.78 is 0. The molecule has 2 N–H and O–H groups in total. The summed E-state index contributed by atoms with van der Waals surface area (Å²) in [7, 11) is 0. The number of rotatable bonds is 2. The highest BCUT2D eigenvalue weighted by molar-refractivity contribution is 4.80. The van der Waals surface area contributed by atoms with Gasteiger partial charge in [0, 0.05) is 6.04 Å².